The van der Waals surface area contributed by atoms with Gasteiger partial charge in [0.1, 0.15) is 5.82 Å². The zero-order chi connectivity index (χ0) is 8.97. The van der Waals surface area contributed by atoms with Crippen molar-refractivity contribution >= 4 is 11.6 Å². The highest BCUT2D eigenvalue weighted by Crippen LogP contribution is 2.07. The predicted octanol–water partition coefficient (Wildman–Crippen LogP) is 0.681. The fraction of sp³-hybridized carbons (Fsp3) is 0.250. The Morgan fingerprint density at radius 1 is 1.58 bits per heavy atom. The molecule has 0 amide bonds. The Kier molecular flexibility index (Phi) is 2.63. The van der Waals surface area contributed by atoms with E-state index in [1.807, 2.05) is 18.0 Å². The molecular weight excluding hydrogens is 152 g/mol. The normalized spacial score (nSPS) is 9.42. The molecule has 12 heavy (non-hydrogen) atoms. The Bertz CT molecular complexity index is 254. The monoisotopic (exact) mass is 164 g/mol. The fourth-order valence-corrected chi connectivity index (χ4v) is 0.826. The lowest BCUT2D eigenvalue weighted by atomic mass is 10.4. The molecular formula is C8H12N4. The van der Waals surface area contributed by atoms with Crippen molar-refractivity contribution in [1.82, 2.24) is 10.2 Å². The topological polar surface area (TPSA) is 55.0 Å². The van der Waals surface area contributed by atoms with Gasteiger partial charge in [0.2, 0.25) is 0 Å². The second-order valence-corrected chi connectivity index (χ2v) is 2.49. The van der Waals surface area contributed by atoms with Crippen molar-refractivity contribution in [3.05, 3.63) is 24.8 Å². The van der Waals surface area contributed by atoms with Gasteiger partial charge in [-0.15, -0.1) is 16.8 Å². The summed E-state index contributed by atoms with van der Waals surface area (Å²) in [4.78, 5) is 1.93. The van der Waals surface area contributed by atoms with E-state index in [1.54, 1.807) is 12.1 Å². The molecule has 0 fully saturated rings. The summed E-state index contributed by atoms with van der Waals surface area (Å²) in [5.41, 5.74) is 5.39. The van der Waals surface area contributed by atoms with Crippen LogP contribution >= 0.6 is 0 Å². The molecule has 0 spiro atoms. The summed E-state index contributed by atoms with van der Waals surface area (Å²) in [5, 5.41) is 7.63. The number of nitrogens with two attached hydrogens (primary N) is 1. The second-order valence-electron chi connectivity index (χ2n) is 2.49. The third-order valence-electron chi connectivity index (χ3n) is 1.47. The number of nitrogens with zero attached hydrogens (tertiary/aromatic N) is 3. The highest BCUT2D eigenvalue weighted by atomic mass is 15.3. The fourth-order valence-electron chi connectivity index (χ4n) is 0.826. The number of rotatable bonds is 3. The van der Waals surface area contributed by atoms with Crippen molar-refractivity contribution in [3.63, 3.8) is 0 Å². The van der Waals surface area contributed by atoms with Gasteiger partial charge < -0.3 is 10.6 Å². The molecule has 4 heteroatoms. The van der Waals surface area contributed by atoms with Crippen LogP contribution in [0.5, 0.6) is 0 Å². The molecule has 0 saturated heterocycles. The third-order valence-corrected chi connectivity index (χ3v) is 1.47. The van der Waals surface area contributed by atoms with Crippen molar-refractivity contribution in [3.8, 4) is 0 Å². The maximum atomic E-state index is 5.39. The average molecular weight is 164 g/mol. The first-order valence-electron chi connectivity index (χ1n) is 3.65. The van der Waals surface area contributed by atoms with Crippen molar-refractivity contribution in [2.24, 2.45) is 0 Å². The number of hydrogen-bond donors (Lipinski definition) is 1. The molecule has 64 valence electrons. The van der Waals surface area contributed by atoms with Crippen LogP contribution in [0, 0.1) is 0 Å². The summed E-state index contributed by atoms with van der Waals surface area (Å²) in [6.07, 6.45) is 1.80. The van der Waals surface area contributed by atoms with Gasteiger partial charge in [-0.2, -0.15) is 0 Å². The maximum absolute atomic E-state index is 5.39. The van der Waals surface area contributed by atoms with Crippen LogP contribution in [0.2, 0.25) is 0 Å². The van der Waals surface area contributed by atoms with Gasteiger partial charge in [0.25, 0.3) is 0 Å². The van der Waals surface area contributed by atoms with Crippen LogP contribution < -0.4 is 10.6 Å². The van der Waals surface area contributed by atoms with Gasteiger partial charge in [-0.1, -0.05) is 6.08 Å². The van der Waals surface area contributed by atoms with E-state index >= 15 is 0 Å². The van der Waals surface area contributed by atoms with Gasteiger partial charge >= 0.3 is 0 Å². The van der Waals surface area contributed by atoms with Crippen LogP contribution in [0.3, 0.4) is 0 Å². The molecule has 0 aromatic carbocycles. The van der Waals surface area contributed by atoms with Gasteiger partial charge in [0.05, 0.1) is 0 Å². The number of nitrogen functional groups attached to an aromatic ring is 1. The van der Waals surface area contributed by atoms with E-state index in [4.69, 9.17) is 5.73 Å². The largest absolute Gasteiger partial charge is 0.382 e. The average Bonchev–Trinajstić information content (AvgIpc) is 2.06. The van der Waals surface area contributed by atoms with Crippen LogP contribution in [0.1, 0.15) is 0 Å². The van der Waals surface area contributed by atoms with Crippen molar-refractivity contribution in [1.29, 1.82) is 0 Å². The van der Waals surface area contributed by atoms with Gasteiger partial charge in [0.15, 0.2) is 5.82 Å². The Balaban J connectivity index is 2.74. The lowest BCUT2D eigenvalue weighted by molar-refractivity contribution is 0.933. The Morgan fingerprint density at radius 3 is 2.83 bits per heavy atom. The molecule has 0 saturated carbocycles. The van der Waals surface area contributed by atoms with Crippen LogP contribution in [0.25, 0.3) is 0 Å². The van der Waals surface area contributed by atoms with Gasteiger partial charge in [-0.25, -0.2) is 0 Å². The predicted molar refractivity (Wildman–Crippen MR) is 49.9 cm³/mol. The molecule has 0 aliphatic heterocycles. The first-order valence-corrected chi connectivity index (χ1v) is 3.65. The molecule has 0 atom stereocenters. The summed E-state index contributed by atoms with van der Waals surface area (Å²) in [6.45, 7) is 4.38. The number of hydrogen-bond acceptors (Lipinski definition) is 4. The molecule has 1 heterocycles. The first kappa shape index (κ1) is 8.52. The lowest BCUT2D eigenvalue weighted by Crippen LogP contribution is -2.18. The third kappa shape index (κ3) is 1.95. The van der Waals surface area contributed by atoms with E-state index < -0.39 is 0 Å². The summed E-state index contributed by atoms with van der Waals surface area (Å²) >= 11 is 0. The molecule has 0 aliphatic rings. The number of likely N-dealkylation sites (N-methyl/N-ethyl adjacent to an activating group) is 1. The van der Waals surface area contributed by atoms with Crippen LogP contribution in [-0.4, -0.2) is 23.8 Å². The van der Waals surface area contributed by atoms with Gasteiger partial charge in [-0.3, -0.25) is 0 Å². The molecule has 1 aromatic rings. The quantitative estimate of drug-likeness (QED) is 0.667. The summed E-state index contributed by atoms with van der Waals surface area (Å²) in [5.74, 6) is 1.23. The molecule has 0 radical (unpaired) electrons. The second kappa shape index (κ2) is 3.71. The maximum Gasteiger partial charge on any atom is 0.151 e. The number of anilines is 2. The Hall–Kier alpha value is -1.58. The summed E-state index contributed by atoms with van der Waals surface area (Å²) in [6, 6.07) is 3.55. The standard InChI is InChI=1S/C8H12N4/c1-3-6-12(2)8-5-4-7(9)10-11-8/h3-5H,1,6H2,2H3,(H2,9,10). The van der Waals surface area contributed by atoms with E-state index in [0.29, 0.717) is 5.82 Å². The molecule has 4 nitrogen and oxygen atoms in total. The number of aromatic nitrogens is 2. The van der Waals surface area contributed by atoms with E-state index in [0.717, 1.165) is 12.4 Å². The Morgan fingerprint density at radius 2 is 2.33 bits per heavy atom. The highest BCUT2D eigenvalue weighted by Gasteiger charge is 1.99. The molecule has 0 unspecified atom stereocenters. The van der Waals surface area contributed by atoms with Gasteiger partial charge in [-0.05, 0) is 12.1 Å². The van der Waals surface area contributed by atoms with Crippen LogP contribution in [0.15, 0.2) is 24.8 Å². The van der Waals surface area contributed by atoms with Crippen LogP contribution in [-0.2, 0) is 0 Å². The molecule has 1 rings (SSSR count). The summed E-state index contributed by atoms with van der Waals surface area (Å²) in [7, 11) is 1.92. The molecule has 2 N–H and O–H groups in total. The van der Waals surface area contributed by atoms with Crippen molar-refractivity contribution in [2.45, 2.75) is 0 Å². The molecule has 1 aromatic heterocycles. The van der Waals surface area contributed by atoms with E-state index in [2.05, 4.69) is 16.8 Å². The first-order chi connectivity index (χ1) is 5.74. The van der Waals surface area contributed by atoms with E-state index in [9.17, 15) is 0 Å². The molecule has 0 aliphatic carbocycles. The summed E-state index contributed by atoms with van der Waals surface area (Å²) < 4.78 is 0. The minimum absolute atomic E-state index is 0.436. The van der Waals surface area contributed by atoms with Crippen LogP contribution in [0.4, 0.5) is 11.6 Å². The molecule has 0 bridgehead atoms. The van der Waals surface area contributed by atoms with Gasteiger partial charge in [0, 0.05) is 13.6 Å². The van der Waals surface area contributed by atoms with Crippen molar-refractivity contribution < 1.29 is 0 Å². The zero-order valence-electron chi connectivity index (χ0n) is 7.07. The lowest BCUT2D eigenvalue weighted by Gasteiger charge is -2.14. The highest BCUT2D eigenvalue weighted by molar-refractivity contribution is 5.40. The van der Waals surface area contributed by atoms with Crippen molar-refractivity contribution in [2.75, 3.05) is 24.2 Å². The Labute approximate surface area is 71.7 Å². The minimum atomic E-state index is 0.436. The minimum Gasteiger partial charge on any atom is -0.382 e. The smallest absolute Gasteiger partial charge is 0.151 e. The van der Waals surface area contributed by atoms with E-state index in [-0.39, 0.29) is 0 Å². The zero-order valence-corrected chi connectivity index (χ0v) is 7.07. The van der Waals surface area contributed by atoms with E-state index in [1.165, 1.54) is 0 Å². The SMILES string of the molecule is C=CCN(C)c1ccc(N)nn1.